The van der Waals surface area contributed by atoms with E-state index in [1.807, 2.05) is 6.92 Å². The maximum atomic E-state index is 4.27. The van der Waals surface area contributed by atoms with Crippen LogP contribution >= 0.6 is 15.9 Å². The lowest BCUT2D eigenvalue weighted by Crippen LogP contribution is -1.93. The lowest BCUT2D eigenvalue weighted by atomic mass is 10.3. The molecule has 54 valence electrons. The molecule has 0 aliphatic rings. The van der Waals surface area contributed by atoms with Gasteiger partial charge in [-0.25, -0.2) is 0 Å². The van der Waals surface area contributed by atoms with E-state index in [9.17, 15) is 0 Å². The van der Waals surface area contributed by atoms with Crippen molar-refractivity contribution in [2.75, 3.05) is 5.33 Å². The second-order valence-corrected chi connectivity index (χ2v) is 2.88. The Morgan fingerprint density at radius 3 is 2.90 bits per heavy atom. The molecule has 0 aliphatic carbocycles. The van der Waals surface area contributed by atoms with Gasteiger partial charge in [0.2, 0.25) is 0 Å². The summed E-state index contributed by atoms with van der Waals surface area (Å²) in [5, 5.41) is 0.950. The van der Waals surface area contributed by atoms with Crippen molar-refractivity contribution in [3.05, 3.63) is 23.8 Å². The number of aryl methyl sites for hydroxylation is 2. The van der Waals surface area contributed by atoms with Crippen molar-refractivity contribution in [2.24, 2.45) is 0 Å². The number of alkyl halides is 1. The molecule has 0 amide bonds. The van der Waals surface area contributed by atoms with Gasteiger partial charge in [0.1, 0.15) is 0 Å². The molecule has 1 aromatic heterocycles. The first-order valence-corrected chi connectivity index (χ1v) is 4.28. The van der Waals surface area contributed by atoms with E-state index in [-0.39, 0.29) is 0 Å². The smallest absolute Gasteiger partial charge is 0.0598 e. The van der Waals surface area contributed by atoms with E-state index < -0.39 is 0 Å². The topological polar surface area (TPSA) is 25.8 Å². The zero-order valence-electron chi connectivity index (χ0n) is 5.84. The number of rotatable bonds is 2. The lowest BCUT2D eigenvalue weighted by Gasteiger charge is -1.95. The van der Waals surface area contributed by atoms with E-state index in [2.05, 4.69) is 25.9 Å². The third-order valence-corrected chi connectivity index (χ3v) is 1.55. The third-order valence-electron chi connectivity index (χ3n) is 1.16. The molecule has 0 atom stereocenters. The highest BCUT2D eigenvalue weighted by molar-refractivity contribution is 9.09. The molecule has 0 saturated carbocycles. The van der Waals surface area contributed by atoms with Crippen LogP contribution in [-0.2, 0) is 6.42 Å². The summed E-state index contributed by atoms with van der Waals surface area (Å²) in [6.07, 6.45) is 4.51. The highest BCUT2D eigenvalue weighted by Gasteiger charge is 1.92. The van der Waals surface area contributed by atoms with Crippen LogP contribution in [0.25, 0.3) is 0 Å². The fourth-order valence-corrected chi connectivity index (χ4v) is 1.14. The number of aromatic nitrogens is 2. The molecular formula is C7H9BrN2. The Hall–Kier alpha value is -0.440. The quantitative estimate of drug-likeness (QED) is 0.681. The minimum absolute atomic E-state index is 0.950. The van der Waals surface area contributed by atoms with E-state index in [1.165, 1.54) is 0 Å². The summed E-state index contributed by atoms with van der Waals surface area (Å²) in [5.41, 5.74) is 2.04. The summed E-state index contributed by atoms with van der Waals surface area (Å²) in [6, 6.07) is 0. The SMILES string of the molecule is Cc1cncc(CCBr)n1. The van der Waals surface area contributed by atoms with E-state index in [0.29, 0.717) is 0 Å². The van der Waals surface area contributed by atoms with Crippen LogP contribution in [0.15, 0.2) is 12.4 Å². The molecule has 0 fully saturated rings. The van der Waals surface area contributed by atoms with Crippen LogP contribution in [-0.4, -0.2) is 15.3 Å². The van der Waals surface area contributed by atoms with E-state index in [0.717, 1.165) is 23.1 Å². The minimum atomic E-state index is 0.950. The van der Waals surface area contributed by atoms with Crippen LogP contribution in [0.4, 0.5) is 0 Å². The highest BCUT2D eigenvalue weighted by atomic mass is 79.9. The number of hydrogen-bond donors (Lipinski definition) is 0. The molecule has 0 aliphatic heterocycles. The van der Waals surface area contributed by atoms with Gasteiger partial charge in [-0.15, -0.1) is 0 Å². The average molecular weight is 201 g/mol. The summed E-state index contributed by atoms with van der Waals surface area (Å²) in [7, 11) is 0. The maximum absolute atomic E-state index is 4.27. The molecule has 1 rings (SSSR count). The maximum Gasteiger partial charge on any atom is 0.0598 e. The average Bonchev–Trinajstić information content (AvgIpc) is 1.88. The first-order valence-electron chi connectivity index (χ1n) is 3.16. The third kappa shape index (κ3) is 2.06. The van der Waals surface area contributed by atoms with Gasteiger partial charge in [-0.05, 0) is 6.92 Å². The van der Waals surface area contributed by atoms with Crippen molar-refractivity contribution in [3.63, 3.8) is 0 Å². The second kappa shape index (κ2) is 3.66. The number of halogens is 1. The molecule has 0 spiro atoms. The molecule has 10 heavy (non-hydrogen) atoms. The van der Waals surface area contributed by atoms with Gasteiger partial charge in [-0.3, -0.25) is 9.97 Å². The van der Waals surface area contributed by atoms with Gasteiger partial charge in [0.15, 0.2) is 0 Å². The summed E-state index contributed by atoms with van der Waals surface area (Å²) >= 11 is 3.34. The van der Waals surface area contributed by atoms with Crippen LogP contribution in [0.3, 0.4) is 0 Å². The van der Waals surface area contributed by atoms with E-state index in [4.69, 9.17) is 0 Å². The largest absolute Gasteiger partial charge is 0.261 e. The monoisotopic (exact) mass is 200 g/mol. The predicted octanol–water partition coefficient (Wildman–Crippen LogP) is 1.72. The Bertz CT molecular complexity index is 213. The van der Waals surface area contributed by atoms with Crippen molar-refractivity contribution in [1.29, 1.82) is 0 Å². The molecule has 1 heterocycles. The van der Waals surface area contributed by atoms with Crippen molar-refractivity contribution < 1.29 is 0 Å². The Morgan fingerprint density at radius 2 is 2.30 bits per heavy atom. The second-order valence-electron chi connectivity index (χ2n) is 2.09. The Labute approximate surface area is 68.8 Å². The molecule has 0 aromatic carbocycles. The molecule has 0 saturated heterocycles. The zero-order chi connectivity index (χ0) is 7.40. The first-order chi connectivity index (χ1) is 4.83. The van der Waals surface area contributed by atoms with Crippen LogP contribution in [0.2, 0.25) is 0 Å². The van der Waals surface area contributed by atoms with Crippen molar-refractivity contribution >= 4 is 15.9 Å². The molecule has 0 radical (unpaired) electrons. The molecular weight excluding hydrogens is 192 g/mol. The summed E-state index contributed by atoms with van der Waals surface area (Å²) in [5.74, 6) is 0. The van der Waals surface area contributed by atoms with Gasteiger partial charge in [0, 0.05) is 24.1 Å². The fourth-order valence-electron chi connectivity index (χ4n) is 0.733. The molecule has 0 bridgehead atoms. The van der Waals surface area contributed by atoms with Gasteiger partial charge in [0.25, 0.3) is 0 Å². The summed E-state index contributed by atoms with van der Waals surface area (Å²) in [4.78, 5) is 8.29. The van der Waals surface area contributed by atoms with Crippen molar-refractivity contribution in [2.45, 2.75) is 13.3 Å². The van der Waals surface area contributed by atoms with Crippen molar-refractivity contribution in [3.8, 4) is 0 Å². The van der Waals surface area contributed by atoms with Gasteiger partial charge in [-0.2, -0.15) is 0 Å². The first kappa shape index (κ1) is 7.66. The Kier molecular flexibility index (Phi) is 2.81. The predicted molar refractivity (Wildman–Crippen MR) is 44.3 cm³/mol. The highest BCUT2D eigenvalue weighted by Crippen LogP contribution is 1.97. The standard InChI is InChI=1S/C7H9BrN2/c1-6-4-9-5-7(10-6)2-3-8/h4-5H,2-3H2,1H3. The van der Waals surface area contributed by atoms with Gasteiger partial charge >= 0.3 is 0 Å². The number of nitrogens with zero attached hydrogens (tertiary/aromatic N) is 2. The van der Waals surface area contributed by atoms with E-state index in [1.54, 1.807) is 12.4 Å². The molecule has 0 N–H and O–H groups in total. The Balaban J connectivity index is 2.75. The lowest BCUT2D eigenvalue weighted by molar-refractivity contribution is 0.979. The zero-order valence-corrected chi connectivity index (χ0v) is 7.43. The normalized spacial score (nSPS) is 9.80. The van der Waals surface area contributed by atoms with Gasteiger partial charge < -0.3 is 0 Å². The summed E-state index contributed by atoms with van der Waals surface area (Å²) < 4.78 is 0. The van der Waals surface area contributed by atoms with Crippen LogP contribution < -0.4 is 0 Å². The van der Waals surface area contributed by atoms with Gasteiger partial charge in [-0.1, -0.05) is 15.9 Å². The number of hydrogen-bond acceptors (Lipinski definition) is 2. The Morgan fingerprint density at radius 1 is 1.50 bits per heavy atom. The van der Waals surface area contributed by atoms with Gasteiger partial charge in [0.05, 0.1) is 11.4 Å². The fraction of sp³-hybridized carbons (Fsp3) is 0.429. The van der Waals surface area contributed by atoms with Crippen LogP contribution in [0.1, 0.15) is 11.4 Å². The molecule has 2 nitrogen and oxygen atoms in total. The van der Waals surface area contributed by atoms with Crippen molar-refractivity contribution in [1.82, 2.24) is 9.97 Å². The molecule has 0 unspecified atom stereocenters. The molecule has 1 aromatic rings. The van der Waals surface area contributed by atoms with Crippen LogP contribution in [0.5, 0.6) is 0 Å². The molecule has 3 heteroatoms. The minimum Gasteiger partial charge on any atom is -0.261 e. The van der Waals surface area contributed by atoms with E-state index >= 15 is 0 Å². The summed E-state index contributed by atoms with van der Waals surface area (Å²) in [6.45, 7) is 1.95. The van der Waals surface area contributed by atoms with Crippen LogP contribution in [0, 0.1) is 6.92 Å².